The molecule has 2 rings (SSSR count). The van der Waals surface area contributed by atoms with Crippen molar-refractivity contribution in [2.45, 2.75) is 12.6 Å². The topological polar surface area (TPSA) is 70.7 Å². The lowest BCUT2D eigenvalue weighted by Crippen LogP contribution is -2.33. The summed E-state index contributed by atoms with van der Waals surface area (Å²) >= 11 is 0. The Morgan fingerprint density at radius 3 is 2.21 bits per heavy atom. The van der Waals surface area contributed by atoms with Crippen LogP contribution in [0.3, 0.4) is 0 Å². The van der Waals surface area contributed by atoms with Crippen molar-refractivity contribution in [3.63, 3.8) is 0 Å². The van der Waals surface area contributed by atoms with E-state index in [1.165, 1.54) is 25.3 Å². The van der Waals surface area contributed by atoms with Gasteiger partial charge in [0, 0.05) is 13.0 Å². The molecule has 2 aromatic carbocycles. The number of carbonyl (C=O) groups is 2. The highest BCUT2D eigenvalue weighted by atomic mass is 19.4. The SMILES string of the molecule is COc1ccccc1NC(=O)CCN(C)CC(=O)Nc1ccccc1C(F)(F)F. The summed E-state index contributed by atoms with van der Waals surface area (Å²) in [4.78, 5) is 25.7. The molecule has 0 aromatic heterocycles. The van der Waals surface area contributed by atoms with E-state index in [9.17, 15) is 22.8 Å². The molecule has 0 unspecified atom stereocenters. The fourth-order valence-corrected chi connectivity index (χ4v) is 2.61. The number of carbonyl (C=O) groups excluding carboxylic acids is 2. The first-order chi connectivity index (χ1) is 13.7. The summed E-state index contributed by atoms with van der Waals surface area (Å²) in [5, 5.41) is 4.99. The summed E-state index contributed by atoms with van der Waals surface area (Å²) in [5.41, 5.74) is -0.677. The quantitative estimate of drug-likeness (QED) is 0.699. The van der Waals surface area contributed by atoms with Gasteiger partial charge in [0.2, 0.25) is 11.8 Å². The van der Waals surface area contributed by atoms with E-state index in [0.717, 1.165) is 6.07 Å². The van der Waals surface area contributed by atoms with Crippen molar-refractivity contribution < 1.29 is 27.5 Å². The summed E-state index contributed by atoms with van der Waals surface area (Å²) in [6.07, 6.45) is -4.46. The number of para-hydroxylation sites is 3. The molecule has 0 aliphatic heterocycles. The van der Waals surface area contributed by atoms with Crippen LogP contribution in [-0.4, -0.2) is 44.0 Å². The smallest absolute Gasteiger partial charge is 0.418 e. The number of rotatable bonds is 8. The van der Waals surface area contributed by atoms with E-state index in [2.05, 4.69) is 10.6 Å². The van der Waals surface area contributed by atoms with Gasteiger partial charge in [0.15, 0.2) is 0 Å². The number of likely N-dealkylation sites (N-methyl/N-ethyl adjacent to an activating group) is 1. The Labute approximate surface area is 166 Å². The summed E-state index contributed by atoms with van der Waals surface area (Å²) in [6.45, 7) is 0.0868. The monoisotopic (exact) mass is 409 g/mol. The van der Waals surface area contributed by atoms with E-state index in [-0.39, 0.29) is 31.1 Å². The molecule has 2 amide bonds. The van der Waals surface area contributed by atoms with Crippen molar-refractivity contribution in [3.8, 4) is 5.75 Å². The minimum atomic E-state index is -4.56. The van der Waals surface area contributed by atoms with Gasteiger partial charge in [0.1, 0.15) is 5.75 Å². The van der Waals surface area contributed by atoms with Crippen molar-refractivity contribution in [1.82, 2.24) is 4.90 Å². The Morgan fingerprint density at radius 2 is 1.55 bits per heavy atom. The van der Waals surface area contributed by atoms with Crippen LogP contribution in [0.2, 0.25) is 0 Å². The third kappa shape index (κ3) is 6.79. The van der Waals surface area contributed by atoms with Crippen molar-refractivity contribution >= 4 is 23.2 Å². The maximum absolute atomic E-state index is 13.0. The Bertz CT molecular complexity index is 856. The van der Waals surface area contributed by atoms with Crippen LogP contribution in [0.5, 0.6) is 5.75 Å². The van der Waals surface area contributed by atoms with Crippen LogP contribution in [0.4, 0.5) is 24.5 Å². The Morgan fingerprint density at radius 1 is 0.966 bits per heavy atom. The standard InChI is InChI=1S/C20H22F3N3O3/c1-26(12-11-18(27)25-16-9-5-6-10-17(16)29-2)13-19(28)24-15-8-4-3-7-14(15)20(21,22)23/h3-10H,11-13H2,1-2H3,(H,24,28)(H,25,27). The highest BCUT2D eigenvalue weighted by Gasteiger charge is 2.33. The van der Waals surface area contributed by atoms with Crippen molar-refractivity contribution in [1.29, 1.82) is 0 Å². The fourth-order valence-electron chi connectivity index (χ4n) is 2.61. The van der Waals surface area contributed by atoms with E-state index >= 15 is 0 Å². The minimum Gasteiger partial charge on any atom is -0.495 e. The second kappa shape index (κ2) is 9.92. The molecule has 0 aliphatic carbocycles. The van der Waals surface area contributed by atoms with E-state index in [1.807, 2.05) is 0 Å². The second-order valence-electron chi connectivity index (χ2n) is 6.33. The van der Waals surface area contributed by atoms with E-state index in [0.29, 0.717) is 11.4 Å². The zero-order valence-corrected chi connectivity index (χ0v) is 16.0. The van der Waals surface area contributed by atoms with Gasteiger partial charge in [-0.1, -0.05) is 24.3 Å². The van der Waals surface area contributed by atoms with Gasteiger partial charge in [-0.25, -0.2) is 0 Å². The lowest BCUT2D eigenvalue weighted by Gasteiger charge is -2.18. The van der Waals surface area contributed by atoms with Crippen LogP contribution >= 0.6 is 0 Å². The van der Waals surface area contributed by atoms with Crippen molar-refractivity contribution in [2.75, 3.05) is 37.9 Å². The van der Waals surface area contributed by atoms with Crippen LogP contribution in [0.25, 0.3) is 0 Å². The van der Waals surface area contributed by atoms with Crippen molar-refractivity contribution in [2.24, 2.45) is 0 Å². The first-order valence-electron chi connectivity index (χ1n) is 8.78. The van der Waals surface area contributed by atoms with Crippen LogP contribution in [0.1, 0.15) is 12.0 Å². The molecule has 0 fully saturated rings. The molecular formula is C20H22F3N3O3. The molecular weight excluding hydrogens is 387 g/mol. The maximum Gasteiger partial charge on any atom is 0.418 e. The van der Waals surface area contributed by atoms with Gasteiger partial charge in [-0.05, 0) is 31.3 Å². The second-order valence-corrected chi connectivity index (χ2v) is 6.33. The van der Waals surface area contributed by atoms with Crippen LogP contribution in [-0.2, 0) is 15.8 Å². The van der Waals surface area contributed by atoms with Gasteiger partial charge in [-0.15, -0.1) is 0 Å². The minimum absolute atomic E-state index is 0.0982. The number of hydrogen-bond acceptors (Lipinski definition) is 4. The molecule has 0 aliphatic rings. The van der Waals surface area contributed by atoms with E-state index in [1.54, 1.807) is 36.2 Å². The summed E-state index contributed by atoms with van der Waals surface area (Å²) < 4.78 is 44.1. The van der Waals surface area contributed by atoms with Crippen LogP contribution in [0.15, 0.2) is 48.5 Å². The largest absolute Gasteiger partial charge is 0.495 e. The number of nitrogens with zero attached hydrogens (tertiary/aromatic N) is 1. The number of halogens is 3. The summed E-state index contributed by atoms with van der Waals surface area (Å²) in [6, 6.07) is 11.7. The zero-order valence-electron chi connectivity index (χ0n) is 16.0. The number of benzene rings is 2. The molecule has 29 heavy (non-hydrogen) atoms. The highest BCUT2D eigenvalue weighted by Crippen LogP contribution is 2.34. The molecule has 0 saturated carbocycles. The van der Waals surface area contributed by atoms with Gasteiger partial charge < -0.3 is 15.4 Å². The Hall–Kier alpha value is -3.07. The third-order valence-electron chi connectivity index (χ3n) is 4.02. The van der Waals surface area contributed by atoms with Crippen molar-refractivity contribution in [3.05, 3.63) is 54.1 Å². The number of methoxy groups -OCH3 is 1. The number of ether oxygens (including phenoxy) is 1. The Kier molecular flexibility index (Phi) is 7.60. The number of amides is 2. The lowest BCUT2D eigenvalue weighted by molar-refractivity contribution is -0.137. The molecule has 0 bridgehead atoms. The molecule has 9 heteroatoms. The number of hydrogen-bond donors (Lipinski definition) is 2. The Balaban J connectivity index is 1.84. The van der Waals surface area contributed by atoms with Gasteiger partial charge in [-0.3, -0.25) is 14.5 Å². The van der Waals surface area contributed by atoms with Gasteiger partial charge in [-0.2, -0.15) is 13.2 Å². The molecule has 0 saturated heterocycles. The predicted molar refractivity (Wildman–Crippen MR) is 104 cm³/mol. The van der Waals surface area contributed by atoms with Gasteiger partial charge >= 0.3 is 6.18 Å². The van der Waals surface area contributed by atoms with E-state index < -0.39 is 17.6 Å². The molecule has 156 valence electrons. The number of alkyl halides is 3. The molecule has 2 aromatic rings. The number of anilines is 2. The molecule has 0 atom stereocenters. The van der Waals surface area contributed by atoms with E-state index in [4.69, 9.17) is 4.74 Å². The average molecular weight is 409 g/mol. The first-order valence-corrected chi connectivity index (χ1v) is 8.78. The zero-order chi connectivity index (χ0) is 21.4. The molecule has 6 nitrogen and oxygen atoms in total. The molecule has 0 radical (unpaired) electrons. The third-order valence-corrected chi connectivity index (χ3v) is 4.02. The van der Waals surface area contributed by atoms with Gasteiger partial charge in [0.05, 0.1) is 30.6 Å². The average Bonchev–Trinajstić information content (AvgIpc) is 2.66. The molecule has 2 N–H and O–H groups in total. The normalized spacial score (nSPS) is 11.2. The predicted octanol–water partition coefficient (Wildman–Crippen LogP) is 3.61. The highest BCUT2D eigenvalue weighted by molar-refractivity contribution is 5.94. The number of nitrogens with one attached hydrogen (secondary N) is 2. The molecule has 0 heterocycles. The van der Waals surface area contributed by atoms with Gasteiger partial charge in [0.25, 0.3) is 0 Å². The maximum atomic E-state index is 13.0. The fraction of sp³-hybridized carbons (Fsp3) is 0.300. The van der Waals surface area contributed by atoms with Crippen LogP contribution < -0.4 is 15.4 Å². The first kappa shape index (κ1) is 22.2. The molecule has 0 spiro atoms. The lowest BCUT2D eigenvalue weighted by atomic mass is 10.1. The summed E-state index contributed by atoms with van der Waals surface area (Å²) in [5.74, 6) is -0.351. The van der Waals surface area contributed by atoms with Crippen LogP contribution in [0, 0.1) is 0 Å². The summed E-state index contributed by atoms with van der Waals surface area (Å²) in [7, 11) is 3.10.